The highest BCUT2D eigenvalue weighted by Gasteiger charge is 2.29. The summed E-state index contributed by atoms with van der Waals surface area (Å²) in [5.74, 6) is 0.127. The normalized spacial score (nSPS) is 15.2. The first kappa shape index (κ1) is 17.8. The van der Waals surface area contributed by atoms with Crippen molar-refractivity contribution < 1.29 is 14.3 Å². The number of benzene rings is 3. The van der Waals surface area contributed by atoms with Crippen molar-refractivity contribution in [1.29, 1.82) is 0 Å². The van der Waals surface area contributed by atoms with Crippen molar-refractivity contribution in [2.75, 3.05) is 10.6 Å². The minimum Gasteiger partial charge on any atom is -0.474 e. The van der Waals surface area contributed by atoms with Crippen LogP contribution in [-0.2, 0) is 4.79 Å². The van der Waals surface area contributed by atoms with E-state index in [2.05, 4.69) is 10.6 Å². The van der Waals surface area contributed by atoms with Crippen molar-refractivity contribution in [1.82, 2.24) is 0 Å². The van der Waals surface area contributed by atoms with Gasteiger partial charge in [0.25, 0.3) is 11.8 Å². The quantitative estimate of drug-likeness (QED) is 0.704. The van der Waals surface area contributed by atoms with E-state index in [9.17, 15) is 9.59 Å². The topological polar surface area (TPSA) is 67.4 Å². The zero-order valence-electron chi connectivity index (χ0n) is 15.7. The lowest BCUT2D eigenvalue weighted by atomic mass is 10.1. The van der Waals surface area contributed by atoms with Gasteiger partial charge in [-0.1, -0.05) is 36.4 Å². The fraction of sp³-hybridized carbons (Fsp3) is 0.130. The smallest absolute Gasteiger partial charge is 0.270 e. The molecule has 0 spiro atoms. The highest BCUT2D eigenvalue weighted by Crippen LogP contribution is 2.36. The van der Waals surface area contributed by atoms with E-state index in [4.69, 9.17) is 4.74 Å². The average Bonchev–Trinajstić information content (AvgIpc) is 2.70. The highest BCUT2D eigenvalue weighted by atomic mass is 16.5. The number of rotatable bonds is 3. The second kappa shape index (κ2) is 7.19. The average molecular weight is 372 g/mol. The van der Waals surface area contributed by atoms with Crippen molar-refractivity contribution in [2.45, 2.75) is 20.0 Å². The van der Waals surface area contributed by atoms with E-state index in [1.54, 1.807) is 24.3 Å². The molecule has 1 unspecified atom stereocenters. The number of aryl methyl sites for hydroxylation is 2. The fourth-order valence-electron chi connectivity index (χ4n) is 3.12. The summed E-state index contributed by atoms with van der Waals surface area (Å²) in [7, 11) is 0. The molecule has 4 rings (SSSR count). The summed E-state index contributed by atoms with van der Waals surface area (Å²) in [6, 6.07) is 20.1. The maximum atomic E-state index is 12.5. The number of hydrogen-bond donors (Lipinski definition) is 2. The molecular weight excluding hydrogens is 352 g/mol. The van der Waals surface area contributed by atoms with Crippen molar-refractivity contribution in [3.05, 3.63) is 89.0 Å². The Labute approximate surface area is 163 Å². The summed E-state index contributed by atoms with van der Waals surface area (Å²) in [4.78, 5) is 25.0. The number of anilines is 2. The lowest BCUT2D eigenvalue weighted by Gasteiger charge is -2.26. The monoisotopic (exact) mass is 372 g/mol. The number of hydrogen-bond acceptors (Lipinski definition) is 3. The standard InChI is InChI=1S/C23H20N2O3/c1-14-8-9-17(12-15(14)2)22(26)24-18-10-11-20-19(13-18)25-23(27)21(28-20)16-6-4-3-5-7-16/h3-13,21H,1-2H3,(H,24,26)(H,25,27). The van der Waals surface area contributed by atoms with Crippen LogP contribution < -0.4 is 15.4 Å². The van der Waals surface area contributed by atoms with Crippen LogP contribution in [0, 0.1) is 13.8 Å². The highest BCUT2D eigenvalue weighted by molar-refractivity contribution is 6.05. The predicted octanol–water partition coefficient (Wildman–Crippen LogP) is 4.63. The Hall–Kier alpha value is -3.60. The first-order valence-corrected chi connectivity index (χ1v) is 9.06. The fourth-order valence-corrected chi connectivity index (χ4v) is 3.12. The van der Waals surface area contributed by atoms with Crippen LogP contribution in [0.5, 0.6) is 5.75 Å². The first-order valence-electron chi connectivity index (χ1n) is 9.06. The van der Waals surface area contributed by atoms with E-state index in [1.165, 1.54) is 0 Å². The molecule has 2 amide bonds. The van der Waals surface area contributed by atoms with Gasteiger partial charge in [-0.25, -0.2) is 0 Å². The lowest BCUT2D eigenvalue weighted by molar-refractivity contribution is -0.123. The van der Waals surface area contributed by atoms with Crippen LogP contribution in [0.15, 0.2) is 66.7 Å². The predicted molar refractivity (Wildman–Crippen MR) is 109 cm³/mol. The largest absolute Gasteiger partial charge is 0.474 e. The zero-order chi connectivity index (χ0) is 19.7. The Bertz CT molecular complexity index is 1060. The molecule has 0 aromatic heterocycles. The van der Waals surface area contributed by atoms with Gasteiger partial charge in [-0.2, -0.15) is 0 Å². The van der Waals surface area contributed by atoms with Gasteiger partial charge in [0.1, 0.15) is 5.75 Å². The van der Waals surface area contributed by atoms with E-state index >= 15 is 0 Å². The van der Waals surface area contributed by atoms with Crippen molar-refractivity contribution >= 4 is 23.2 Å². The van der Waals surface area contributed by atoms with Gasteiger partial charge < -0.3 is 15.4 Å². The van der Waals surface area contributed by atoms with Gasteiger partial charge in [-0.15, -0.1) is 0 Å². The Balaban J connectivity index is 1.53. The number of nitrogens with one attached hydrogen (secondary N) is 2. The van der Waals surface area contributed by atoms with Crippen LogP contribution >= 0.6 is 0 Å². The molecule has 1 atom stereocenters. The molecule has 5 nitrogen and oxygen atoms in total. The van der Waals surface area contributed by atoms with Gasteiger partial charge in [0, 0.05) is 16.8 Å². The molecule has 0 saturated heterocycles. The van der Waals surface area contributed by atoms with Crippen LogP contribution in [-0.4, -0.2) is 11.8 Å². The molecule has 0 radical (unpaired) electrons. The Kier molecular flexibility index (Phi) is 4.57. The second-order valence-corrected chi connectivity index (χ2v) is 6.86. The molecule has 3 aromatic rings. The molecule has 0 saturated carbocycles. The zero-order valence-corrected chi connectivity index (χ0v) is 15.7. The van der Waals surface area contributed by atoms with Gasteiger partial charge in [0.2, 0.25) is 6.10 Å². The van der Waals surface area contributed by atoms with Crippen molar-refractivity contribution in [3.63, 3.8) is 0 Å². The molecule has 0 fully saturated rings. The first-order chi connectivity index (χ1) is 13.5. The summed E-state index contributed by atoms with van der Waals surface area (Å²) < 4.78 is 5.88. The van der Waals surface area contributed by atoms with Gasteiger partial charge in [0.15, 0.2) is 0 Å². The minimum absolute atomic E-state index is 0.201. The maximum Gasteiger partial charge on any atom is 0.270 e. The molecule has 28 heavy (non-hydrogen) atoms. The number of carbonyl (C=O) groups is 2. The maximum absolute atomic E-state index is 12.5. The molecule has 140 valence electrons. The van der Waals surface area contributed by atoms with Gasteiger partial charge in [-0.3, -0.25) is 9.59 Å². The lowest BCUT2D eigenvalue weighted by Crippen LogP contribution is -2.30. The molecule has 0 bridgehead atoms. The Morgan fingerprint density at radius 1 is 0.964 bits per heavy atom. The Morgan fingerprint density at radius 2 is 1.75 bits per heavy atom. The molecule has 3 aromatic carbocycles. The molecular formula is C23H20N2O3. The van der Waals surface area contributed by atoms with Gasteiger partial charge in [0.05, 0.1) is 5.69 Å². The molecule has 1 aliphatic rings. The summed E-state index contributed by atoms with van der Waals surface area (Å²) in [5, 5.41) is 5.73. The van der Waals surface area contributed by atoms with Crippen LogP contribution in [0.3, 0.4) is 0 Å². The van der Waals surface area contributed by atoms with Gasteiger partial charge in [-0.05, 0) is 55.3 Å². The van der Waals surface area contributed by atoms with E-state index in [1.807, 2.05) is 56.3 Å². The number of fused-ring (bicyclic) bond motifs is 1. The van der Waals surface area contributed by atoms with Crippen molar-refractivity contribution in [3.8, 4) is 5.75 Å². The second-order valence-electron chi connectivity index (χ2n) is 6.86. The third kappa shape index (κ3) is 3.47. The van der Waals surface area contributed by atoms with Crippen LogP contribution in [0.4, 0.5) is 11.4 Å². The van der Waals surface area contributed by atoms with Crippen molar-refractivity contribution in [2.24, 2.45) is 0 Å². The summed E-state index contributed by atoms with van der Waals surface area (Å²) in [6.07, 6.45) is -0.690. The molecule has 2 N–H and O–H groups in total. The SMILES string of the molecule is Cc1ccc(C(=O)Nc2ccc3c(c2)NC(=O)C(c2ccccc2)O3)cc1C. The van der Waals surface area contributed by atoms with E-state index in [0.717, 1.165) is 16.7 Å². The molecule has 0 aliphatic carbocycles. The Morgan fingerprint density at radius 3 is 2.50 bits per heavy atom. The third-order valence-corrected chi connectivity index (χ3v) is 4.85. The molecule has 1 heterocycles. The number of ether oxygens (including phenoxy) is 1. The van der Waals surface area contributed by atoms with E-state index in [-0.39, 0.29) is 11.8 Å². The number of carbonyl (C=O) groups excluding carboxylic acids is 2. The van der Waals surface area contributed by atoms with Crippen LogP contribution in [0.2, 0.25) is 0 Å². The van der Waals surface area contributed by atoms with Crippen LogP contribution in [0.1, 0.15) is 33.2 Å². The van der Waals surface area contributed by atoms with E-state index < -0.39 is 6.10 Å². The summed E-state index contributed by atoms with van der Waals surface area (Å²) in [6.45, 7) is 3.98. The minimum atomic E-state index is -0.690. The summed E-state index contributed by atoms with van der Waals surface area (Å²) >= 11 is 0. The van der Waals surface area contributed by atoms with Crippen LogP contribution in [0.25, 0.3) is 0 Å². The van der Waals surface area contributed by atoms with Gasteiger partial charge >= 0.3 is 0 Å². The van der Waals surface area contributed by atoms with E-state index in [0.29, 0.717) is 22.7 Å². The summed E-state index contributed by atoms with van der Waals surface area (Å²) in [5.41, 5.74) is 4.70. The molecule has 1 aliphatic heterocycles. The third-order valence-electron chi connectivity index (χ3n) is 4.85. The number of amides is 2. The molecule has 5 heteroatoms.